The second kappa shape index (κ2) is 8.83. The van der Waals surface area contributed by atoms with Crippen LogP contribution in [0.4, 0.5) is 4.39 Å². The van der Waals surface area contributed by atoms with Gasteiger partial charge in [-0.3, -0.25) is 0 Å². The lowest BCUT2D eigenvalue weighted by Crippen LogP contribution is -2.24. The molecule has 0 spiro atoms. The van der Waals surface area contributed by atoms with E-state index < -0.39 is 10.7 Å². The highest BCUT2D eigenvalue weighted by atomic mass is 127. The van der Waals surface area contributed by atoms with Crippen molar-refractivity contribution in [1.29, 1.82) is 0 Å². The second-order valence-corrected chi connectivity index (χ2v) is 7.44. The van der Waals surface area contributed by atoms with Crippen molar-refractivity contribution in [2.75, 3.05) is 0 Å². The van der Waals surface area contributed by atoms with E-state index in [-0.39, 0.29) is 4.11 Å². The monoisotopic (exact) mass is 460 g/mol. The van der Waals surface area contributed by atoms with Gasteiger partial charge in [0, 0.05) is 5.41 Å². The summed E-state index contributed by atoms with van der Waals surface area (Å²) >= 11 is 7.49. The molecule has 0 aliphatic rings. The summed E-state index contributed by atoms with van der Waals surface area (Å²) in [5.41, 5.74) is 0.473. The quantitative estimate of drug-likeness (QED) is 0.333. The lowest BCUT2D eigenvalue weighted by atomic mass is 9.95. The molecule has 0 aromatic heterocycles. The highest BCUT2D eigenvalue weighted by Crippen LogP contribution is 2.33. The molecule has 128 valence electrons. The van der Waals surface area contributed by atoms with Crippen LogP contribution < -0.4 is 4.74 Å². The molecule has 0 amide bonds. The zero-order valence-electron chi connectivity index (χ0n) is 13.5. The molecule has 2 rings (SSSR count). The van der Waals surface area contributed by atoms with Gasteiger partial charge in [-0.05, 0) is 35.9 Å². The van der Waals surface area contributed by atoms with E-state index in [0.29, 0.717) is 6.61 Å². The topological polar surface area (TPSA) is 18.5 Å². The number of halogens is 3. The zero-order valence-corrected chi connectivity index (χ0v) is 16.4. The fraction of sp³-hybridized carbons (Fsp3) is 0.263. The van der Waals surface area contributed by atoms with Gasteiger partial charge >= 0.3 is 0 Å². The van der Waals surface area contributed by atoms with E-state index in [1.807, 2.05) is 68.4 Å². The maximum Gasteiger partial charge on any atom is 0.185 e. The van der Waals surface area contributed by atoms with E-state index in [2.05, 4.69) is 22.6 Å². The summed E-state index contributed by atoms with van der Waals surface area (Å²) in [5, 5.41) is -0.719. The maximum absolute atomic E-state index is 12.9. The summed E-state index contributed by atoms with van der Waals surface area (Å²) in [4.78, 5) is 0. The van der Waals surface area contributed by atoms with Crippen LogP contribution in [0.3, 0.4) is 0 Å². The van der Waals surface area contributed by atoms with Gasteiger partial charge in [0.1, 0.15) is 15.6 Å². The summed E-state index contributed by atoms with van der Waals surface area (Å²) in [7, 11) is 0. The number of ether oxygens (including phenoxy) is 2. The van der Waals surface area contributed by atoms with Gasteiger partial charge in [-0.2, -0.15) is 4.39 Å². The highest BCUT2D eigenvalue weighted by molar-refractivity contribution is 14.1. The third-order valence-corrected chi connectivity index (χ3v) is 5.41. The molecule has 0 radical (unpaired) electrons. The van der Waals surface area contributed by atoms with Gasteiger partial charge in [0.2, 0.25) is 0 Å². The first-order chi connectivity index (χ1) is 11.4. The molecule has 0 aliphatic carbocycles. The minimum Gasteiger partial charge on any atom is -0.457 e. The number of para-hydroxylation sites is 1. The van der Waals surface area contributed by atoms with Crippen molar-refractivity contribution in [3.63, 3.8) is 0 Å². The summed E-state index contributed by atoms with van der Waals surface area (Å²) < 4.78 is 24.4. The Labute approximate surface area is 160 Å². The first-order valence-electron chi connectivity index (χ1n) is 7.48. The molecule has 1 atom stereocenters. The Bertz CT molecular complexity index is 685. The van der Waals surface area contributed by atoms with Gasteiger partial charge < -0.3 is 9.47 Å². The van der Waals surface area contributed by atoms with Crippen LogP contribution in [0, 0.1) is 5.41 Å². The van der Waals surface area contributed by atoms with Crippen LogP contribution in [0.1, 0.15) is 19.4 Å². The van der Waals surface area contributed by atoms with Crippen molar-refractivity contribution in [2.24, 2.45) is 5.41 Å². The highest BCUT2D eigenvalue weighted by Gasteiger charge is 2.26. The largest absolute Gasteiger partial charge is 0.457 e. The number of alkyl halides is 1. The predicted octanol–water partition coefficient (Wildman–Crippen LogP) is 6.83. The molecule has 0 saturated heterocycles. The van der Waals surface area contributed by atoms with E-state index >= 15 is 0 Å². The molecule has 2 aromatic carbocycles. The van der Waals surface area contributed by atoms with Gasteiger partial charge in [-0.25, -0.2) is 0 Å². The summed E-state index contributed by atoms with van der Waals surface area (Å²) in [6.07, 6.45) is 1.36. The van der Waals surface area contributed by atoms with Crippen molar-refractivity contribution in [3.05, 3.63) is 71.5 Å². The van der Waals surface area contributed by atoms with Gasteiger partial charge in [0.05, 0.1) is 6.61 Å². The van der Waals surface area contributed by atoms with Crippen molar-refractivity contribution in [2.45, 2.75) is 24.6 Å². The third kappa shape index (κ3) is 6.07. The smallest absolute Gasteiger partial charge is 0.185 e. The van der Waals surface area contributed by atoms with Crippen LogP contribution in [0.25, 0.3) is 0 Å². The number of benzene rings is 2. The summed E-state index contributed by atoms with van der Waals surface area (Å²) in [5.74, 6) is 1.53. The normalized spacial score (nSPS) is 13.6. The molecule has 0 bridgehead atoms. The van der Waals surface area contributed by atoms with Gasteiger partial charge in [0.25, 0.3) is 0 Å². The Morgan fingerprint density at radius 2 is 1.83 bits per heavy atom. The molecule has 2 nitrogen and oxygen atoms in total. The lowest BCUT2D eigenvalue weighted by molar-refractivity contribution is 0.0560. The van der Waals surface area contributed by atoms with Crippen LogP contribution in [0.2, 0.25) is 0 Å². The molecule has 1 unspecified atom stereocenters. The third-order valence-electron chi connectivity index (χ3n) is 3.34. The molecule has 2 aromatic rings. The second-order valence-electron chi connectivity index (χ2n) is 5.94. The van der Waals surface area contributed by atoms with E-state index in [0.717, 1.165) is 17.1 Å². The lowest BCUT2D eigenvalue weighted by Gasteiger charge is -2.26. The molecule has 0 N–H and O–H groups in total. The van der Waals surface area contributed by atoms with Crippen molar-refractivity contribution in [3.8, 4) is 11.5 Å². The molecule has 0 fully saturated rings. The Morgan fingerprint density at radius 3 is 2.50 bits per heavy atom. The Balaban J connectivity index is 1.98. The van der Waals surface area contributed by atoms with Crippen LogP contribution >= 0.6 is 34.2 Å². The summed E-state index contributed by atoms with van der Waals surface area (Å²) in [6, 6.07) is 17.3. The number of rotatable bonds is 7. The molecule has 0 aliphatic heterocycles. The van der Waals surface area contributed by atoms with Crippen LogP contribution in [-0.4, -0.2) is 4.11 Å². The average molecular weight is 461 g/mol. The molecule has 0 saturated carbocycles. The van der Waals surface area contributed by atoms with E-state index in [1.54, 1.807) is 0 Å². The van der Waals surface area contributed by atoms with Crippen LogP contribution in [0.15, 0.2) is 66.0 Å². The van der Waals surface area contributed by atoms with Gasteiger partial charge in [0.15, 0.2) is 5.29 Å². The minimum absolute atomic E-state index is 0.224. The SMILES string of the molecule is CC(C)(C=C(F)Cl)C(I)OCc1cccc(Oc2ccccc2)c1. The van der Waals surface area contributed by atoms with Crippen molar-refractivity contribution < 1.29 is 13.9 Å². The van der Waals surface area contributed by atoms with Crippen LogP contribution in [0.5, 0.6) is 11.5 Å². The first kappa shape index (κ1) is 19.2. The first-order valence-corrected chi connectivity index (χ1v) is 9.10. The fourth-order valence-corrected chi connectivity index (χ4v) is 2.70. The zero-order chi connectivity index (χ0) is 17.6. The molecular formula is C19H19ClFIO2. The minimum atomic E-state index is -0.719. The molecule has 5 heteroatoms. The maximum atomic E-state index is 12.9. The van der Waals surface area contributed by atoms with E-state index in [1.165, 1.54) is 6.08 Å². The van der Waals surface area contributed by atoms with Crippen LogP contribution in [-0.2, 0) is 11.3 Å². The Hall–Kier alpha value is -1.11. The van der Waals surface area contributed by atoms with E-state index in [4.69, 9.17) is 21.1 Å². The predicted molar refractivity (Wildman–Crippen MR) is 104 cm³/mol. The molecular weight excluding hydrogens is 442 g/mol. The Kier molecular flexibility index (Phi) is 7.07. The standard InChI is InChI=1S/C19H19ClFIO2/c1-19(2,12-17(20)21)18(22)23-13-14-7-6-10-16(11-14)24-15-8-4-3-5-9-15/h3-12,18H,13H2,1-2H3. The van der Waals surface area contributed by atoms with Gasteiger partial charge in [-0.15, -0.1) is 0 Å². The van der Waals surface area contributed by atoms with Crippen molar-refractivity contribution >= 4 is 34.2 Å². The Morgan fingerprint density at radius 1 is 1.17 bits per heavy atom. The fourth-order valence-electron chi connectivity index (χ4n) is 2.05. The van der Waals surface area contributed by atoms with E-state index in [9.17, 15) is 4.39 Å². The van der Waals surface area contributed by atoms with Gasteiger partial charge in [-0.1, -0.05) is 78.4 Å². The number of hydrogen-bond donors (Lipinski definition) is 0. The average Bonchev–Trinajstić information content (AvgIpc) is 2.52. The molecule has 0 heterocycles. The summed E-state index contributed by atoms with van der Waals surface area (Å²) in [6.45, 7) is 4.16. The van der Waals surface area contributed by atoms with Crippen molar-refractivity contribution in [1.82, 2.24) is 0 Å². The number of hydrogen-bond acceptors (Lipinski definition) is 2. The molecule has 24 heavy (non-hydrogen) atoms.